The molecule has 0 atom stereocenters. The molecular formula is C20H23N3O3. The van der Waals surface area contributed by atoms with Crippen molar-refractivity contribution in [3.8, 4) is 0 Å². The van der Waals surface area contributed by atoms with Crippen LogP contribution in [0.15, 0.2) is 24.3 Å². The van der Waals surface area contributed by atoms with E-state index in [2.05, 4.69) is 17.2 Å². The van der Waals surface area contributed by atoms with Crippen molar-refractivity contribution in [3.63, 3.8) is 0 Å². The van der Waals surface area contributed by atoms with Gasteiger partial charge in [-0.2, -0.15) is 5.10 Å². The average Bonchev–Trinajstić information content (AvgIpc) is 3.20. The van der Waals surface area contributed by atoms with Crippen LogP contribution in [0.4, 0.5) is 0 Å². The monoisotopic (exact) mass is 353 g/mol. The van der Waals surface area contributed by atoms with Crippen LogP contribution in [0, 0.1) is 0 Å². The molecule has 0 bridgehead atoms. The topological polar surface area (TPSA) is 75.4 Å². The number of carboxylic acids is 1. The van der Waals surface area contributed by atoms with Crippen LogP contribution < -0.4 is 0 Å². The van der Waals surface area contributed by atoms with Gasteiger partial charge >= 0.3 is 5.97 Å². The molecule has 6 nitrogen and oxygen atoms in total. The molecule has 1 aromatic heterocycles. The van der Waals surface area contributed by atoms with Crippen LogP contribution in [-0.2, 0) is 37.1 Å². The molecule has 2 aromatic rings. The molecule has 1 aliphatic heterocycles. The van der Waals surface area contributed by atoms with Crippen LogP contribution in [0.5, 0.6) is 0 Å². The van der Waals surface area contributed by atoms with Crippen molar-refractivity contribution in [1.82, 2.24) is 14.7 Å². The zero-order chi connectivity index (χ0) is 18.1. The smallest absolute Gasteiger partial charge is 0.303 e. The van der Waals surface area contributed by atoms with E-state index in [1.807, 2.05) is 21.7 Å². The van der Waals surface area contributed by atoms with Gasteiger partial charge in [-0.1, -0.05) is 6.07 Å². The molecule has 0 radical (unpaired) electrons. The van der Waals surface area contributed by atoms with E-state index in [0.29, 0.717) is 19.5 Å². The number of carboxylic acid groups (broad SMARTS) is 1. The zero-order valence-corrected chi connectivity index (χ0v) is 14.8. The van der Waals surface area contributed by atoms with Gasteiger partial charge in [0.15, 0.2) is 0 Å². The first kappa shape index (κ1) is 16.8. The van der Waals surface area contributed by atoms with Crippen molar-refractivity contribution in [2.45, 2.75) is 51.6 Å². The van der Waals surface area contributed by atoms with Gasteiger partial charge in [0.05, 0.1) is 24.4 Å². The van der Waals surface area contributed by atoms with E-state index in [4.69, 9.17) is 5.11 Å². The van der Waals surface area contributed by atoms with Crippen molar-refractivity contribution >= 4 is 11.9 Å². The lowest BCUT2D eigenvalue weighted by Crippen LogP contribution is -2.30. The lowest BCUT2D eigenvalue weighted by molar-refractivity contribution is -0.136. The number of hydrogen-bond acceptors (Lipinski definition) is 3. The van der Waals surface area contributed by atoms with Crippen LogP contribution in [0.1, 0.15) is 52.1 Å². The molecule has 0 fully saturated rings. The Balaban J connectivity index is 1.51. The van der Waals surface area contributed by atoms with Gasteiger partial charge < -0.3 is 10.0 Å². The van der Waals surface area contributed by atoms with Gasteiger partial charge in [0.2, 0.25) is 0 Å². The maximum atomic E-state index is 13.0. The summed E-state index contributed by atoms with van der Waals surface area (Å²) in [5.41, 5.74) is 5.22. The minimum atomic E-state index is -0.818. The summed E-state index contributed by atoms with van der Waals surface area (Å²) >= 11 is 0. The Kier molecular flexibility index (Phi) is 4.49. The van der Waals surface area contributed by atoms with Gasteiger partial charge in [-0.15, -0.1) is 0 Å². The molecular weight excluding hydrogens is 330 g/mol. The molecule has 4 rings (SSSR count). The largest absolute Gasteiger partial charge is 0.481 e. The maximum Gasteiger partial charge on any atom is 0.303 e. The summed E-state index contributed by atoms with van der Waals surface area (Å²) in [4.78, 5) is 25.7. The van der Waals surface area contributed by atoms with Crippen molar-refractivity contribution in [1.29, 1.82) is 0 Å². The van der Waals surface area contributed by atoms with Gasteiger partial charge in [0.25, 0.3) is 5.91 Å². The summed E-state index contributed by atoms with van der Waals surface area (Å²) in [5.74, 6) is -0.747. The van der Waals surface area contributed by atoms with E-state index in [1.54, 1.807) is 0 Å². The SMILES string of the molecule is O=C(O)CCc1cc2n(n1)CCCN(C(=O)c1ccc3c(c1)CCC3)C2. The number of carbonyl (C=O) groups is 2. The second-order valence-electron chi connectivity index (χ2n) is 7.16. The maximum absolute atomic E-state index is 13.0. The highest BCUT2D eigenvalue weighted by Crippen LogP contribution is 2.24. The number of carbonyl (C=O) groups excluding carboxylic acids is 1. The molecule has 1 N–H and O–H groups in total. The first-order chi connectivity index (χ1) is 12.6. The Bertz CT molecular complexity index is 856. The Morgan fingerprint density at radius 1 is 1.08 bits per heavy atom. The fourth-order valence-corrected chi connectivity index (χ4v) is 3.94. The van der Waals surface area contributed by atoms with E-state index in [0.717, 1.165) is 42.8 Å². The number of aromatic nitrogens is 2. The van der Waals surface area contributed by atoms with Gasteiger partial charge in [-0.3, -0.25) is 14.3 Å². The average molecular weight is 353 g/mol. The standard InChI is InChI=1S/C20H23N3O3/c24-19(25)8-7-17-12-18-13-22(9-2-10-23(18)21-17)20(26)16-6-5-14-3-1-4-15(14)11-16/h5-6,11-12H,1-4,7-10,13H2,(H,24,25). The van der Waals surface area contributed by atoms with Crippen LogP contribution in [0.2, 0.25) is 0 Å². The van der Waals surface area contributed by atoms with Crippen molar-refractivity contribution in [3.05, 3.63) is 52.3 Å². The number of nitrogens with zero attached hydrogens (tertiary/aromatic N) is 3. The third-order valence-corrected chi connectivity index (χ3v) is 5.29. The van der Waals surface area contributed by atoms with Gasteiger partial charge in [-0.25, -0.2) is 0 Å². The number of aryl methyl sites for hydroxylation is 4. The molecule has 6 heteroatoms. The van der Waals surface area contributed by atoms with Crippen LogP contribution >= 0.6 is 0 Å². The lowest BCUT2D eigenvalue weighted by Gasteiger charge is -2.20. The quantitative estimate of drug-likeness (QED) is 0.916. The first-order valence-corrected chi connectivity index (χ1v) is 9.28. The Morgan fingerprint density at radius 2 is 1.92 bits per heavy atom. The summed E-state index contributed by atoms with van der Waals surface area (Å²) in [6.45, 7) is 2.00. The van der Waals surface area contributed by atoms with E-state index in [-0.39, 0.29) is 12.3 Å². The van der Waals surface area contributed by atoms with Crippen LogP contribution in [-0.4, -0.2) is 38.2 Å². The number of fused-ring (bicyclic) bond motifs is 2. The highest BCUT2D eigenvalue weighted by Gasteiger charge is 2.23. The summed E-state index contributed by atoms with van der Waals surface area (Å²) in [7, 11) is 0. The predicted octanol–water partition coefficient (Wildman–Crippen LogP) is 2.44. The summed E-state index contributed by atoms with van der Waals surface area (Å²) in [6, 6.07) is 8.05. The molecule has 0 saturated carbocycles. The molecule has 2 heterocycles. The van der Waals surface area contributed by atoms with Gasteiger partial charge in [0, 0.05) is 25.1 Å². The summed E-state index contributed by atoms with van der Waals surface area (Å²) < 4.78 is 1.92. The first-order valence-electron chi connectivity index (χ1n) is 9.28. The third-order valence-electron chi connectivity index (χ3n) is 5.29. The molecule has 1 amide bonds. The van der Waals surface area contributed by atoms with Crippen LogP contribution in [0.25, 0.3) is 0 Å². The van der Waals surface area contributed by atoms with E-state index >= 15 is 0 Å². The second kappa shape index (κ2) is 6.94. The Morgan fingerprint density at radius 3 is 2.77 bits per heavy atom. The summed E-state index contributed by atoms with van der Waals surface area (Å²) in [6.07, 6.45) is 4.71. The molecule has 0 saturated heterocycles. The zero-order valence-electron chi connectivity index (χ0n) is 14.8. The fraction of sp³-hybridized carbons (Fsp3) is 0.450. The number of amides is 1. The van der Waals surface area contributed by atoms with Crippen molar-refractivity contribution < 1.29 is 14.7 Å². The predicted molar refractivity (Wildman–Crippen MR) is 96.0 cm³/mol. The molecule has 0 spiro atoms. The number of rotatable bonds is 4. The number of hydrogen-bond donors (Lipinski definition) is 1. The molecule has 1 aliphatic carbocycles. The van der Waals surface area contributed by atoms with Gasteiger partial charge in [-0.05, 0) is 55.0 Å². The fourth-order valence-electron chi connectivity index (χ4n) is 3.94. The van der Waals surface area contributed by atoms with Gasteiger partial charge in [0.1, 0.15) is 0 Å². The Labute approximate surface area is 152 Å². The molecule has 1 aromatic carbocycles. The van der Waals surface area contributed by atoms with Crippen molar-refractivity contribution in [2.24, 2.45) is 0 Å². The van der Waals surface area contributed by atoms with Crippen LogP contribution in [0.3, 0.4) is 0 Å². The highest BCUT2D eigenvalue weighted by atomic mass is 16.4. The minimum absolute atomic E-state index is 0.0708. The van der Waals surface area contributed by atoms with E-state index < -0.39 is 5.97 Å². The summed E-state index contributed by atoms with van der Waals surface area (Å²) in [5, 5.41) is 13.4. The molecule has 136 valence electrons. The highest BCUT2D eigenvalue weighted by molar-refractivity contribution is 5.94. The van der Waals surface area contributed by atoms with Crippen molar-refractivity contribution in [2.75, 3.05) is 6.54 Å². The normalized spacial score (nSPS) is 16.1. The Hall–Kier alpha value is -2.63. The lowest BCUT2D eigenvalue weighted by atomic mass is 10.1. The molecule has 2 aliphatic rings. The second-order valence-corrected chi connectivity index (χ2v) is 7.16. The minimum Gasteiger partial charge on any atom is -0.481 e. The van der Waals surface area contributed by atoms with E-state index in [1.165, 1.54) is 17.5 Å². The molecule has 0 unspecified atom stereocenters. The number of benzene rings is 1. The van der Waals surface area contributed by atoms with E-state index in [9.17, 15) is 9.59 Å². The third kappa shape index (κ3) is 3.36. The number of aliphatic carboxylic acids is 1. The molecule has 26 heavy (non-hydrogen) atoms.